The van der Waals surface area contributed by atoms with Gasteiger partial charge in [0, 0.05) is 23.6 Å². The Bertz CT molecular complexity index is 688. The third-order valence-corrected chi connectivity index (χ3v) is 4.00. The van der Waals surface area contributed by atoms with Crippen molar-refractivity contribution >= 4 is 27.5 Å². The van der Waals surface area contributed by atoms with E-state index in [0.29, 0.717) is 37.1 Å². The highest BCUT2D eigenvalue weighted by Crippen LogP contribution is 2.23. The Morgan fingerprint density at radius 1 is 1.29 bits per heavy atom. The van der Waals surface area contributed by atoms with E-state index in [2.05, 4.69) is 31.1 Å². The van der Waals surface area contributed by atoms with Crippen LogP contribution in [0.4, 0.5) is 5.69 Å². The molecule has 1 fully saturated rings. The van der Waals surface area contributed by atoms with Crippen molar-refractivity contribution in [2.24, 2.45) is 0 Å². The number of rotatable bonds is 5. The van der Waals surface area contributed by atoms with Gasteiger partial charge in [-0.3, -0.25) is 9.69 Å². The number of benzene rings is 1. The van der Waals surface area contributed by atoms with Gasteiger partial charge >= 0.3 is 0 Å². The molecule has 7 heteroatoms. The summed E-state index contributed by atoms with van der Waals surface area (Å²) >= 11 is 3.40. The molecule has 2 aromatic rings. The predicted octanol–water partition coefficient (Wildman–Crippen LogP) is 2.91. The lowest BCUT2D eigenvalue weighted by Gasteiger charge is -2.25. The number of carbonyl (C=O) groups is 1. The molecule has 0 atom stereocenters. The minimum absolute atomic E-state index is 0.0561. The zero-order valence-electron chi connectivity index (χ0n) is 13.1. The molecule has 126 valence electrons. The summed E-state index contributed by atoms with van der Waals surface area (Å²) in [5, 5.41) is 2.84. The zero-order chi connectivity index (χ0) is 16.8. The van der Waals surface area contributed by atoms with Crippen molar-refractivity contribution in [2.75, 3.05) is 38.2 Å². The smallest absolute Gasteiger partial charge is 0.238 e. The van der Waals surface area contributed by atoms with Gasteiger partial charge in [0.05, 0.1) is 31.6 Å². The maximum Gasteiger partial charge on any atom is 0.238 e. The first-order valence-corrected chi connectivity index (χ1v) is 8.48. The van der Waals surface area contributed by atoms with Crippen LogP contribution < -0.4 is 10.1 Å². The molecule has 2 heterocycles. The fourth-order valence-electron chi connectivity index (χ4n) is 2.33. The normalized spacial score (nSPS) is 15.0. The number of aromatic nitrogens is 1. The van der Waals surface area contributed by atoms with E-state index in [4.69, 9.17) is 9.47 Å². The molecule has 1 aliphatic rings. The van der Waals surface area contributed by atoms with Crippen LogP contribution in [-0.4, -0.2) is 48.6 Å². The molecule has 0 radical (unpaired) electrons. The van der Waals surface area contributed by atoms with E-state index in [9.17, 15) is 4.79 Å². The molecule has 0 saturated carbocycles. The largest absolute Gasteiger partial charge is 0.439 e. The quantitative estimate of drug-likeness (QED) is 0.848. The van der Waals surface area contributed by atoms with Crippen LogP contribution in [0.3, 0.4) is 0 Å². The molecule has 3 rings (SSSR count). The predicted molar refractivity (Wildman–Crippen MR) is 94.3 cm³/mol. The first kappa shape index (κ1) is 16.9. The summed E-state index contributed by atoms with van der Waals surface area (Å²) in [6, 6.07) is 11.0. The van der Waals surface area contributed by atoms with E-state index in [1.807, 2.05) is 24.3 Å². The van der Waals surface area contributed by atoms with Crippen LogP contribution in [0.1, 0.15) is 0 Å². The van der Waals surface area contributed by atoms with Crippen LogP contribution >= 0.6 is 15.9 Å². The van der Waals surface area contributed by atoms with Gasteiger partial charge in [-0.15, -0.1) is 0 Å². The number of hydrogen-bond acceptors (Lipinski definition) is 5. The molecule has 1 aliphatic heterocycles. The maximum absolute atomic E-state index is 12.0. The number of ether oxygens (including phenoxy) is 2. The molecular weight excluding hydrogens is 374 g/mol. The van der Waals surface area contributed by atoms with Gasteiger partial charge in [0.25, 0.3) is 0 Å². The van der Waals surface area contributed by atoms with Gasteiger partial charge in [-0.2, -0.15) is 0 Å². The number of nitrogens with zero attached hydrogens (tertiary/aromatic N) is 2. The molecule has 0 spiro atoms. The highest BCUT2D eigenvalue weighted by molar-refractivity contribution is 9.10. The highest BCUT2D eigenvalue weighted by Gasteiger charge is 2.14. The molecule has 1 aromatic heterocycles. The van der Waals surface area contributed by atoms with Crippen LogP contribution in [0.15, 0.2) is 47.1 Å². The van der Waals surface area contributed by atoms with E-state index in [0.717, 1.165) is 17.6 Å². The summed E-state index contributed by atoms with van der Waals surface area (Å²) in [6.45, 7) is 3.28. The number of amides is 1. The number of morpholine rings is 1. The monoisotopic (exact) mass is 391 g/mol. The lowest BCUT2D eigenvalue weighted by atomic mass is 10.3. The summed E-state index contributed by atoms with van der Waals surface area (Å²) < 4.78 is 11.9. The summed E-state index contributed by atoms with van der Waals surface area (Å²) in [6.07, 6.45) is 1.59. The fraction of sp³-hybridized carbons (Fsp3) is 0.294. The van der Waals surface area contributed by atoms with Crippen LogP contribution in [0.5, 0.6) is 11.6 Å². The number of anilines is 1. The number of halogens is 1. The molecule has 24 heavy (non-hydrogen) atoms. The van der Waals surface area contributed by atoms with Crippen molar-refractivity contribution < 1.29 is 14.3 Å². The van der Waals surface area contributed by atoms with E-state index < -0.39 is 0 Å². The number of nitrogens with one attached hydrogen (secondary N) is 1. The SMILES string of the molecule is O=C(CN1CCOCC1)Nc1ccc(Oc2cccc(Br)c2)nc1. The highest BCUT2D eigenvalue weighted by atomic mass is 79.9. The third kappa shape index (κ3) is 5.02. The molecule has 1 aromatic carbocycles. The minimum atomic E-state index is -0.0561. The second-order valence-electron chi connectivity index (χ2n) is 5.38. The Hall–Kier alpha value is -1.96. The Kier molecular flexibility index (Phi) is 5.79. The lowest BCUT2D eigenvalue weighted by molar-refractivity contribution is -0.118. The van der Waals surface area contributed by atoms with Gasteiger partial charge in [-0.25, -0.2) is 4.98 Å². The fourth-order valence-corrected chi connectivity index (χ4v) is 2.71. The van der Waals surface area contributed by atoms with Crippen molar-refractivity contribution in [3.05, 3.63) is 47.1 Å². The van der Waals surface area contributed by atoms with Crippen LogP contribution in [0, 0.1) is 0 Å². The molecule has 0 unspecified atom stereocenters. The molecule has 1 amide bonds. The maximum atomic E-state index is 12.0. The number of carbonyl (C=O) groups excluding carboxylic acids is 1. The topological polar surface area (TPSA) is 63.7 Å². The van der Waals surface area contributed by atoms with E-state index in [1.54, 1.807) is 18.3 Å². The Labute approximate surface area is 148 Å². The number of pyridine rings is 1. The molecule has 1 N–H and O–H groups in total. The van der Waals surface area contributed by atoms with Crippen molar-refractivity contribution in [3.8, 4) is 11.6 Å². The van der Waals surface area contributed by atoms with Crippen molar-refractivity contribution in [3.63, 3.8) is 0 Å². The second-order valence-corrected chi connectivity index (χ2v) is 6.30. The van der Waals surface area contributed by atoms with E-state index in [-0.39, 0.29) is 5.91 Å². The second kappa shape index (κ2) is 8.23. The first-order chi connectivity index (χ1) is 11.7. The van der Waals surface area contributed by atoms with Gasteiger partial charge in [-0.1, -0.05) is 22.0 Å². The lowest BCUT2D eigenvalue weighted by Crippen LogP contribution is -2.41. The number of hydrogen-bond donors (Lipinski definition) is 1. The van der Waals surface area contributed by atoms with Gasteiger partial charge in [0.1, 0.15) is 5.75 Å². The van der Waals surface area contributed by atoms with Gasteiger partial charge in [-0.05, 0) is 24.3 Å². The summed E-state index contributed by atoms with van der Waals surface area (Å²) in [4.78, 5) is 18.3. The summed E-state index contributed by atoms with van der Waals surface area (Å²) in [7, 11) is 0. The average molecular weight is 392 g/mol. The van der Waals surface area contributed by atoms with Crippen molar-refractivity contribution in [2.45, 2.75) is 0 Å². The van der Waals surface area contributed by atoms with E-state index >= 15 is 0 Å². The minimum Gasteiger partial charge on any atom is -0.439 e. The zero-order valence-corrected chi connectivity index (χ0v) is 14.7. The Balaban J connectivity index is 1.53. The first-order valence-electron chi connectivity index (χ1n) is 7.68. The summed E-state index contributed by atoms with van der Waals surface area (Å²) in [5.41, 5.74) is 0.648. The molecular formula is C17H18BrN3O3. The third-order valence-electron chi connectivity index (χ3n) is 3.51. The molecule has 1 saturated heterocycles. The Morgan fingerprint density at radius 3 is 2.83 bits per heavy atom. The van der Waals surface area contributed by atoms with Crippen LogP contribution in [0.2, 0.25) is 0 Å². The van der Waals surface area contributed by atoms with Crippen LogP contribution in [0.25, 0.3) is 0 Å². The van der Waals surface area contributed by atoms with Crippen molar-refractivity contribution in [1.82, 2.24) is 9.88 Å². The molecule has 0 bridgehead atoms. The standard InChI is InChI=1S/C17H18BrN3O3/c18-13-2-1-3-15(10-13)24-17-5-4-14(11-19-17)20-16(22)12-21-6-8-23-9-7-21/h1-5,10-11H,6-9,12H2,(H,20,22). The molecule has 0 aliphatic carbocycles. The summed E-state index contributed by atoms with van der Waals surface area (Å²) in [5.74, 6) is 1.11. The van der Waals surface area contributed by atoms with Gasteiger partial charge in [0.15, 0.2) is 0 Å². The average Bonchev–Trinajstić information content (AvgIpc) is 2.57. The van der Waals surface area contributed by atoms with Gasteiger partial charge < -0.3 is 14.8 Å². The molecule has 6 nitrogen and oxygen atoms in total. The van der Waals surface area contributed by atoms with Crippen molar-refractivity contribution in [1.29, 1.82) is 0 Å². The van der Waals surface area contributed by atoms with E-state index in [1.165, 1.54) is 0 Å². The van der Waals surface area contributed by atoms with Gasteiger partial charge in [0.2, 0.25) is 11.8 Å². The van der Waals surface area contributed by atoms with Crippen LogP contribution in [-0.2, 0) is 9.53 Å². The Morgan fingerprint density at radius 2 is 2.12 bits per heavy atom.